The number of rotatable bonds is 29. The van der Waals surface area contributed by atoms with E-state index in [0.29, 0.717) is 32.1 Å². The number of allylic oxidation sites excluding steroid dienone is 6. The van der Waals surface area contributed by atoms with Crippen LogP contribution >= 0.6 is 7.82 Å². The maximum Gasteiger partial charge on any atom is 0.469 e. The Bertz CT molecular complexity index is 905. The van der Waals surface area contributed by atoms with Crippen molar-refractivity contribution in [2.24, 2.45) is 5.92 Å². The minimum Gasteiger partial charge on any atom is -0.462 e. The number of unbranched alkanes of at least 4 members (excludes halogenated alkanes) is 9. The summed E-state index contributed by atoms with van der Waals surface area (Å²) in [5.74, 6) is -0.275. The van der Waals surface area contributed by atoms with Gasteiger partial charge < -0.3 is 24.4 Å². The summed E-state index contributed by atoms with van der Waals surface area (Å²) < 4.78 is 26.1. The predicted octanol–water partition coefficient (Wildman–Crippen LogP) is 8.44. The van der Waals surface area contributed by atoms with E-state index < -0.39 is 38.6 Å². The molecule has 0 rings (SSSR count). The monoisotopic (exact) mass is 656 g/mol. The fourth-order valence-corrected chi connectivity index (χ4v) is 4.64. The van der Waals surface area contributed by atoms with Gasteiger partial charge in [0.05, 0.1) is 12.7 Å². The zero-order chi connectivity index (χ0) is 33.6. The Morgan fingerprint density at radius 3 is 2.13 bits per heavy atom. The molecule has 0 heterocycles. The van der Waals surface area contributed by atoms with Gasteiger partial charge in [0.2, 0.25) is 0 Å². The number of aliphatic hydroxyl groups excluding tert-OH is 1. The average molecular weight is 657 g/mol. The Morgan fingerprint density at radius 2 is 1.42 bits per heavy atom. The molecule has 9 nitrogen and oxygen atoms in total. The number of carbonyl (C=O) groups excluding carboxylic acids is 2. The van der Waals surface area contributed by atoms with Gasteiger partial charge in [-0.2, -0.15) is 0 Å². The lowest BCUT2D eigenvalue weighted by Crippen LogP contribution is -2.29. The summed E-state index contributed by atoms with van der Waals surface area (Å²) in [5, 5.41) is 9.96. The molecule has 0 aromatic heterocycles. The summed E-state index contributed by atoms with van der Waals surface area (Å²) in [6.07, 6.45) is 29.0. The Hall–Kier alpha value is -2.03. The molecule has 0 saturated carbocycles. The molecule has 0 fully saturated rings. The van der Waals surface area contributed by atoms with E-state index in [-0.39, 0.29) is 19.4 Å². The first kappa shape index (κ1) is 43.0. The van der Waals surface area contributed by atoms with Gasteiger partial charge in [0.25, 0.3) is 0 Å². The number of esters is 2. The average Bonchev–Trinajstić information content (AvgIpc) is 2.98. The molecule has 0 bridgehead atoms. The third-order valence-electron chi connectivity index (χ3n) is 6.86. The van der Waals surface area contributed by atoms with Crippen molar-refractivity contribution in [1.82, 2.24) is 0 Å². The van der Waals surface area contributed by atoms with Crippen molar-refractivity contribution in [1.29, 1.82) is 0 Å². The van der Waals surface area contributed by atoms with Gasteiger partial charge in [-0.05, 0) is 50.9 Å². The first-order valence-corrected chi connectivity index (χ1v) is 18.4. The van der Waals surface area contributed by atoms with Crippen molar-refractivity contribution in [3.63, 3.8) is 0 Å². The number of aliphatic hydroxyl groups is 1. The molecular formula is C35H61O9P. The van der Waals surface area contributed by atoms with E-state index in [2.05, 4.69) is 31.4 Å². The third kappa shape index (κ3) is 33.2. The van der Waals surface area contributed by atoms with Gasteiger partial charge in [-0.1, -0.05) is 121 Å². The molecule has 0 amide bonds. The standard InChI is InChI=1S/C35H61O9P/c1-4-5-6-7-15-20-25-32(36)26-21-16-10-8-9-11-18-23-28-35(38)44-33(30-43-45(39,40)41)29-42-34(37)27-22-17-13-12-14-19-24-31(2)3/h9-11,15-16,20-21,26,31-33,36H,4-8,12-14,17-19,22-25,27-30H2,1-3H3,(H2,39,40,41)/b11-9-,16-10-,20-15-,26-21+/t32-,33+/m0/s1. The Labute approximate surface area is 272 Å². The summed E-state index contributed by atoms with van der Waals surface area (Å²) in [6.45, 7) is 5.72. The van der Waals surface area contributed by atoms with Gasteiger partial charge in [-0.15, -0.1) is 0 Å². The minimum atomic E-state index is -4.77. The number of phosphoric ester groups is 1. The SMILES string of the molecule is CCCCC/C=C\C[C@H](O)/C=C/C=C\C/C=C\CCCC(=O)O[C@H](COC(=O)CCCCCCCCC(C)C)COP(=O)(O)O. The number of ether oxygens (including phenoxy) is 2. The van der Waals surface area contributed by atoms with Crippen LogP contribution in [-0.4, -0.2) is 52.3 Å². The van der Waals surface area contributed by atoms with E-state index in [4.69, 9.17) is 19.3 Å². The summed E-state index contributed by atoms with van der Waals surface area (Å²) in [4.78, 5) is 42.4. The van der Waals surface area contributed by atoms with Gasteiger partial charge in [-0.3, -0.25) is 14.1 Å². The van der Waals surface area contributed by atoms with E-state index in [9.17, 15) is 19.3 Å². The minimum absolute atomic E-state index is 0.103. The second kappa shape index (κ2) is 29.4. The van der Waals surface area contributed by atoms with Crippen molar-refractivity contribution >= 4 is 19.8 Å². The molecule has 0 unspecified atom stereocenters. The van der Waals surface area contributed by atoms with Crippen LogP contribution in [-0.2, 0) is 28.2 Å². The van der Waals surface area contributed by atoms with Crippen LogP contribution in [0.4, 0.5) is 0 Å². The fraction of sp³-hybridized carbons (Fsp3) is 0.714. The van der Waals surface area contributed by atoms with Crippen molar-refractivity contribution in [2.75, 3.05) is 13.2 Å². The van der Waals surface area contributed by atoms with Gasteiger partial charge >= 0.3 is 19.8 Å². The van der Waals surface area contributed by atoms with Crippen LogP contribution in [0, 0.1) is 5.92 Å². The van der Waals surface area contributed by atoms with Crippen LogP contribution in [0.3, 0.4) is 0 Å². The Morgan fingerprint density at radius 1 is 0.756 bits per heavy atom. The van der Waals surface area contributed by atoms with Crippen LogP contribution in [0.2, 0.25) is 0 Å². The van der Waals surface area contributed by atoms with Crippen molar-refractivity contribution in [3.8, 4) is 0 Å². The maximum atomic E-state index is 12.3. The molecule has 10 heteroatoms. The number of carbonyl (C=O) groups is 2. The highest BCUT2D eigenvalue weighted by molar-refractivity contribution is 7.46. The first-order valence-electron chi connectivity index (χ1n) is 16.9. The molecular weight excluding hydrogens is 595 g/mol. The van der Waals surface area contributed by atoms with Crippen LogP contribution in [0.1, 0.15) is 130 Å². The number of hydrogen-bond acceptors (Lipinski definition) is 7. The lowest BCUT2D eigenvalue weighted by Gasteiger charge is -2.18. The topological polar surface area (TPSA) is 140 Å². The molecule has 0 spiro atoms. The smallest absolute Gasteiger partial charge is 0.462 e. The summed E-state index contributed by atoms with van der Waals surface area (Å²) in [5.41, 5.74) is 0. The lowest BCUT2D eigenvalue weighted by molar-refractivity contribution is -0.161. The van der Waals surface area contributed by atoms with Crippen molar-refractivity contribution < 1.29 is 43.0 Å². The summed E-state index contributed by atoms with van der Waals surface area (Å²) in [6, 6.07) is 0. The van der Waals surface area contributed by atoms with Crippen LogP contribution in [0.5, 0.6) is 0 Å². The highest BCUT2D eigenvalue weighted by Gasteiger charge is 2.22. The third-order valence-corrected chi connectivity index (χ3v) is 7.34. The predicted molar refractivity (Wildman–Crippen MR) is 180 cm³/mol. The van der Waals surface area contributed by atoms with E-state index in [1.165, 1.54) is 38.5 Å². The Kier molecular flexibility index (Phi) is 28.1. The second-order valence-electron chi connectivity index (χ2n) is 11.8. The quantitative estimate of drug-likeness (QED) is 0.0238. The van der Waals surface area contributed by atoms with E-state index >= 15 is 0 Å². The molecule has 0 aliphatic heterocycles. The zero-order valence-electron chi connectivity index (χ0n) is 28.0. The molecule has 2 atom stereocenters. The molecule has 0 aromatic carbocycles. The largest absolute Gasteiger partial charge is 0.469 e. The molecule has 0 aliphatic carbocycles. The molecule has 0 radical (unpaired) electrons. The molecule has 0 aliphatic rings. The number of phosphoric acid groups is 1. The van der Waals surface area contributed by atoms with Crippen molar-refractivity contribution in [2.45, 2.75) is 142 Å². The molecule has 0 saturated heterocycles. The van der Waals surface area contributed by atoms with Crippen LogP contribution in [0.15, 0.2) is 48.6 Å². The molecule has 260 valence electrons. The highest BCUT2D eigenvalue weighted by atomic mass is 31.2. The van der Waals surface area contributed by atoms with Gasteiger partial charge in [0.1, 0.15) is 6.61 Å². The fourth-order valence-electron chi connectivity index (χ4n) is 4.28. The second-order valence-corrected chi connectivity index (χ2v) is 13.1. The zero-order valence-corrected chi connectivity index (χ0v) is 28.9. The molecule has 3 N–H and O–H groups in total. The van der Waals surface area contributed by atoms with Crippen LogP contribution < -0.4 is 0 Å². The summed E-state index contributed by atoms with van der Waals surface area (Å²) in [7, 11) is -4.77. The number of hydrogen-bond donors (Lipinski definition) is 3. The van der Waals surface area contributed by atoms with Gasteiger partial charge in [0, 0.05) is 12.8 Å². The first-order chi connectivity index (χ1) is 21.5. The van der Waals surface area contributed by atoms with E-state index in [1.807, 2.05) is 36.5 Å². The van der Waals surface area contributed by atoms with Crippen molar-refractivity contribution in [3.05, 3.63) is 48.6 Å². The lowest BCUT2D eigenvalue weighted by atomic mass is 10.0. The maximum absolute atomic E-state index is 12.3. The normalized spacial score (nSPS) is 13.9. The molecule has 45 heavy (non-hydrogen) atoms. The van der Waals surface area contributed by atoms with Gasteiger partial charge in [-0.25, -0.2) is 4.57 Å². The molecule has 0 aromatic rings. The highest BCUT2D eigenvalue weighted by Crippen LogP contribution is 2.35. The Balaban J connectivity index is 4.23. The van der Waals surface area contributed by atoms with Crippen LogP contribution in [0.25, 0.3) is 0 Å². The summed E-state index contributed by atoms with van der Waals surface area (Å²) >= 11 is 0. The van der Waals surface area contributed by atoms with Gasteiger partial charge in [0.15, 0.2) is 6.10 Å². The van der Waals surface area contributed by atoms with E-state index in [1.54, 1.807) is 6.08 Å². The van der Waals surface area contributed by atoms with E-state index in [0.717, 1.165) is 31.6 Å².